The molecule has 2 N–H and O–H groups in total. The Morgan fingerprint density at radius 1 is 1.32 bits per heavy atom. The van der Waals surface area contributed by atoms with Crippen molar-refractivity contribution in [3.8, 4) is 10.6 Å². The van der Waals surface area contributed by atoms with Crippen molar-refractivity contribution in [1.82, 2.24) is 30.2 Å². The van der Waals surface area contributed by atoms with Gasteiger partial charge in [0, 0.05) is 19.0 Å². The van der Waals surface area contributed by atoms with Gasteiger partial charge in [0.15, 0.2) is 0 Å². The molecule has 0 bridgehead atoms. The lowest BCUT2D eigenvalue weighted by atomic mass is 9.92. The number of benzene rings is 1. The van der Waals surface area contributed by atoms with Crippen molar-refractivity contribution < 1.29 is 9.59 Å². The molecular weight excluding hydrogens is 412 g/mol. The highest BCUT2D eigenvalue weighted by Gasteiger charge is 2.31. The Morgan fingerprint density at radius 3 is 2.94 bits per heavy atom. The number of aryl methyl sites for hydroxylation is 1. The van der Waals surface area contributed by atoms with Gasteiger partial charge >= 0.3 is 0 Å². The zero-order valence-electron chi connectivity index (χ0n) is 17.5. The molecule has 0 unspecified atom stereocenters. The van der Waals surface area contributed by atoms with Gasteiger partial charge in [-0.3, -0.25) is 9.59 Å². The lowest BCUT2D eigenvalue weighted by molar-refractivity contribution is -0.127. The van der Waals surface area contributed by atoms with Crippen molar-refractivity contribution >= 4 is 44.5 Å². The van der Waals surface area contributed by atoms with Gasteiger partial charge in [-0.05, 0) is 31.9 Å². The first-order valence-electron chi connectivity index (χ1n) is 10.1. The number of imidazole rings is 1. The molecule has 5 rings (SSSR count). The number of carbonyl (C=O) groups excluding carboxylic acids is 2. The molecule has 8 nitrogen and oxygen atoms in total. The molecular formula is C22H22N6O2S. The Hall–Kier alpha value is -3.33. The summed E-state index contributed by atoms with van der Waals surface area (Å²) < 4.78 is 1.96. The molecule has 1 aliphatic rings. The summed E-state index contributed by atoms with van der Waals surface area (Å²) in [5.41, 5.74) is 3.95. The molecule has 31 heavy (non-hydrogen) atoms. The number of hydrogen-bond acceptors (Lipinski definition) is 6. The van der Waals surface area contributed by atoms with E-state index in [1.807, 2.05) is 49.7 Å². The predicted molar refractivity (Wildman–Crippen MR) is 119 cm³/mol. The first-order chi connectivity index (χ1) is 14.8. The number of carbonyl (C=O) groups is 2. The third-order valence-electron chi connectivity index (χ3n) is 5.68. The minimum absolute atomic E-state index is 0.0769. The Bertz CT molecular complexity index is 1340. The van der Waals surface area contributed by atoms with E-state index in [1.165, 1.54) is 11.3 Å². The predicted octanol–water partition coefficient (Wildman–Crippen LogP) is 2.87. The van der Waals surface area contributed by atoms with Crippen molar-refractivity contribution in [3.63, 3.8) is 0 Å². The molecule has 4 heterocycles. The maximum Gasteiger partial charge on any atom is 0.243 e. The van der Waals surface area contributed by atoms with Crippen LogP contribution in [0.4, 0.5) is 0 Å². The van der Waals surface area contributed by atoms with E-state index in [4.69, 9.17) is 4.98 Å². The summed E-state index contributed by atoms with van der Waals surface area (Å²) in [6.07, 6.45) is 4.46. The van der Waals surface area contributed by atoms with Gasteiger partial charge in [0.05, 0.1) is 23.6 Å². The molecule has 2 amide bonds. The number of nitrogens with one attached hydrogen (secondary N) is 2. The van der Waals surface area contributed by atoms with Gasteiger partial charge in [-0.2, -0.15) is 0 Å². The minimum atomic E-state index is -0.607. The smallest absolute Gasteiger partial charge is 0.243 e. The molecule has 4 aromatic rings. The van der Waals surface area contributed by atoms with Crippen molar-refractivity contribution in [1.29, 1.82) is 0 Å². The fourth-order valence-electron chi connectivity index (χ4n) is 3.95. The van der Waals surface area contributed by atoms with Crippen molar-refractivity contribution in [3.05, 3.63) is 42.4 Å². The second-order valence-corrected chi connectivity index (χ2v) is 9.35. The maximum absolute atomic E-state index is 12.6. The normalized spacial score (nSPS) is 16.7. The molecule has 1 saturated heterocycles. The van der Waals surface area contributed by atoms with Crippen molar-refractivity contribution in [2.45, 2.75) is 38.3 Å². The van der Waals surface area contributed by atoms with Crippen LogP contribution in [-0.2, 0) is 22.2 Å². The first-order valence-corrected chi connectivity index (χ1v) is 10.9. The Balaban J connectivity index is 1.47. The van der Waals surface area contributed by atoms with Crippen LogP contribution in [0.2, 0.25) is 0 Å². The third kappa shape index (κ3) is 3.44. The fourth-order valence-corrected chi connectivity index (χ4v) is 4.86. The first kappa shape index (κ1) is 19.6. The summed E-state index contributed by atoms with van der Waals surface area (Å²) in [4.78, 5) is 38.7. The molecule has 1 aromatic carbocycles. The van der Waals surface area contributed by atoms with Crippen LogP contribution in [0.25, 0.3) is 32.0 Å². The van der Waals surface area contributed by atoms with Crippen LogP contribution in [0.1, 0.15) is 32.3 Å². The molecule has 0 spiro atoms. The lowest BCUT2D eigenvalue weighted by Gasteiger charge is -2.28. The van der Waals surface area contributed by atoms with Crippen molar-refractivity contribution in [2.75, 3.05) is 0 Å². The molecule has 1 fully saturated rings. The van der Waals surface area contributed by atoms with Crippen molar-refractivity contribution in [2.24, 2.45) is 7.05 Å². The van der Waals surface area contributed by atoms with E-state index < -0.39 is 11.6 Å². The molecule has 1 atom stereocenters. The minimum Gasteiger partial charge on any atom is -0.345 e. The quantitative estimate of drug-likeness (QED) is 0.514. The zero-order chi connectivity index (χ0) is 21.8. The van der Waals surface area contributed by atoms with Gasteiger partial charge in [0.1, 0.15) is 26.9 Å². The molecule has 3 aromatic heterocycles. The average molecular weight is 435 g/mol. The number of nitrogens with zero attached hydrogens (tertiary/aromatic N) is 4. The average Bonchev–Trinajstić information content (AvgIpc) is 3.45. The Labute approximate surface area is 182 Å². The van der Waals surface area contributed by atoms with Gasteiger partial charge < -0.3 is 15.2 Å². The van der Waals surface area contributed by atoms with E-state index in [-0.39, 0.29) is 11.8 Å². The number of fused-ring (bicyclic) bond motifs is 3. The topological polar surface area (TPSA) is 102 Å². The highest BCUT2D eigenvalue weighted by Crippen LogP contribution is 2.34. The SMILES string of the molecule is Cn1cnc2cnc3sc(-c4cccc(C(C)(C)NC(=O)[C@@H]5CCC(=O)N5)c4)nc3c21. The molecule has 1 aliphatic heterocycles. The Kier molecular flexibility index (Phi) is 4.51. The van der Waals surface area contributed by atoms with Crippen LogP contribution in [0.5, 0.6) is 0 Å². The summed E-state index contributed by atoms with van der Waals surface area (Å²) in [6.45, 7) is 3.92. The monoisotopic (exact) mass is 434 g/mol. The second kappa shape index (κ2) is 7.12. The number of amides is 2. The molecule has 9 heteroatoms. The zero-order valence-corrected chi connectivity index (χ0v) is 18.3. The summed E-state index contributed by atoms with van der Waals surface area (Å²) in [7, 11) is 1.95. The number of hydrogen-bond donors (Lipinski definition) is 2. The summed E-state index contributed by atoms with van der Waals surface area (Å²) in [5.74, 6) is -0.240. The van der Waals surface area contributed by atoms with Crippen LogP contribution in [0.3, 0.4) is 0 Å². The van der Waals surface area contributed by atoms with E-state index in [9.17, 15) is 9.59 Å². The molecule has 0 radical (unpaired) electrons. The standard InChI is InChI=1S/C22H22N6O2S/c1-22(2,27-19(30)14-7-8-16(29)25-14)13-6-4-5-12(9-13)20-26-17-18-15(24-11-28(18)3)10-23-21(17)31-20/h4-6,9-11,14H,7-8H2,1-3H3,(H,25,29)(H,27,30)/t14-/m0/s1. The van der Waals surface area contributed by atoms with E-state index >= 15 is 0 Å². The number of thiazole rings is 1. The summed E-state index contributed by atoms with van der Waals surface area (Å²) in [6, 6.07) is 7.55. The van der Waals surface area contributed by atoms with Crippen LogP contribution in [0, 0.1) is 0 Å². The van der Waals surface area contributed by atoms with Gasteiger partial charge in [0.2, 0.25) is 11.8 Å². The molecule has 158 valence electrons. The summed E-state index contributed by atoms with van der Waals surface area (Å²) in [5, 5.41) is 6.66. The number of rotatable bonds is 4. The summed E-state index contributed by atoms with van der Waals surface area (Å²) >= 11 is 1.53. The van der Waals surface area contributed by atoms with Crippen LogP contribution >= 0.6 is 11.3 Å². The van der Waals surface area contributed by atoms with Gasteiger partial charge in [-0.15, -0.1) is 0 Å². The van der Waals surface area contributed by atoms with E-state index in [1.54, 1.807) is 12.5 Å². The van der Waals surface area contributed by atoms with Gasteiger partial charge in [-0.25, -0.2) is 15.0 Å². The largest absolute Gasteiger partial charge is 0.345 e. The number of pyridine rings is 1. The van der Waals surface area contributed by atoms with E-state index in [2.05, 4.69) is 20.6 Å². The van der Waals surface area contributed by atoms with E-state index in [0.717, 1.165) is 37.5 Å². The third-order valence-corrected chi connectivity index (χ3v) is 6.69. The van der Waals surface area contributed by atoms with Crippen LogP contribution in [-0.4, -0.2) is 37.4 Å². The van der Waals surface area contributed by atoms with Crippen LogP contribution in [0.15, 0.2) is 36.8 Å². The Morgan fingerprint density at radius 2 is 2.16 bits per heavy atom. The molecule has 0 aliphatic carbocycles. The fraction of sp³-hybridized carbons (Fsp3) is 0.318. The second-order valence-electron chi connectivity index (χ2n) is 8.37. The maximum atomic E-state index is 12.6. The highest BCUT2D eigenvalue weighted by atomic mass is 32.1. The van der Waals surface area contributed by atoms with E-state index in [0.29, 0.717) is 12.8 Å². The highest BCUT2D eigenvalue weighted by molar-refractivity contribution is 7.21. The van der Waals surface area contributed by atoms with Crippen LogP contribution < -0.4 is 10.6 Å². The number of aromatic nitrogens is 4. The molecule has 0 saturated carbocycles. The lowest BCUT2D eigenvalue weighted by Crippen LogP contribution is -2.49. The van der Waals surface area contributed by atoms with Gasteiger partial charge in [-0.1, -0.05) is 29.5 Å². The van der Waals surface area contributed by atoms with Gasteiger partial charge in [0.25, 0.3) is 0 Å².